The molecule has 2 rings (SSSR count). The van der Waals surface area contributed by atoms with E-state index in [2.05, 4.69) is 4.98 Å². The molecule has 0 fully saturated rings. The summed E-state index contributed by atoms with van der Waals surface area (Å²) in [5.41, 5.74) is 6.84. The second-order valence-corrected chi connectivity index (χ2v) is 4.90. The molecule has 2 aromatic rings. The fourth-order valence-electron chi connectivity index (χ4n) is 2.53. The molecule has 1 atom stereocenters. The lowest BCUT2D eigenvalue weighted by Gasteiger charge is -2.20. The number of imidazole rings is 1. The number of aromatic nitrogens is 2. The molecule has 1 aromatic carbocycles. The van der Waals surface area contributed by atoms with Crippen molar-refractivity contribution in [3.8, 4) is 0 Å². The van der Waals surface area contributed by atoms with E-state index in [0.717, 1.165) is 6.42 Å². The fraction of sp³-hybridized carbons (Fsp3) is 0.500. The van der Waals surface area contributed by atoms with E-state index in [-0.39, 0.29) is 6.04 Å². The van der Waals surface area contributed by atoms with Gasteiger partial charge in [0, 0.05) is 11.7 Å². The average molecular weight is 285 g/mol. The molecule has 0 saturated heterocycles. The van der Waals surface area contributed by atoms with Crippen molar-refractivity contribution >= 4 is 16.7 Å². The Hall–Kier alpha value is -1.72. The van der Waals surface area contributed by atoms with E-state index in [4.69, 9.17) is 5.73 Å². The molecule has 110 valence electrons. The number of alkyl halides is 3. The van der Waals surface area contributed by atoms with Gasteiger partial charge in [-0.05, 0) is 31.0 Å². The second kappa shape index (κ2) is 5.34. The van der Waals surface area contributed by atoms with Crippen molar-refractivity contribution in [3.63, 3.8) is 0 Å². The minimum atomic E-state index is -4.46. The summed E-state index contributed by atoms with van der Waals surface area (Å²) in [5, 5.41) is 0. The van der Waals surface area contributed by atoms with Crippen LogP contribution in [-0.2, 0) is 6.18 Å². The Morgan fingerprint density at radius 3 is 2.55 bits per heavy atom. The Morgan fingerprint density at radius 2 is 2.00 bits per heavy atom. The van der Waals surface area contributed by atoms with Crippen LogP contribution in [0.1, 0.15) is 45.0 Å². The molecule has 3 nitrogen and oxygen atoms in total. The van der Waals surface area contributed by atoms with Crippen molar-refractivity contribution in [3.05, 3.63) is 24.0 Å². The zero-order chi connectivity index (χ0) is 14.9. The average Bonchev–Trinajstić information content (AvgIpc) is 2.74. The van der Waals surface area contributed by atoms with Crippen LogP contribution in [0.2, 0.25) is 0 Å². The summed E-state index contributed by atoms with van der Waals surface area (Å²) in [7, 11) is 0. The van der Waals surface area contributed by atoms with E-state index in [1.54, 1.807) is 12.1 Å². The first-order valence-electron chi connectivity index (χ1n) is 6.73. The molecule has 1 heterocycles. The highest BCUT2D eigenvalue weighted by Crippen LogP contribution is 2.36. The standard InChI is InChI=1S/C14H18F3N3/c1-3-5-10(4-2)20-12-7-6-9(18)8-11(12)19-13(20)14(15,16)17/h6-8,10H,3-5,18H2,1-2H3. The van der Waals surface area contributed by atoms with Gasteiger partial charge >= 0.3 is 6.18 Å². The summed E-state index contributed by atoms with van der Waals surface area (Å²) in [5.74, 6) is -0.835. The molecular weight excluding hydrogens is 267 g/mol. The lowest BCUT2D eigenvalue weighted by atomic mass is 10.1. The Labute approximate surface area is 115 Å². The largest absolute Gasteiger partial charge is 0.449 e. The first-order chi connectivity index (χ1) is 9.38. The third kappa shape index (κ3) is 2.59. The van der Waals surface area contributed by atoms with Crippen LogP contribution >= 0.6 is 0 Å². The van der Waals surface area contributed by atoms with E-state index in [9.17, 15) is 13.2 Å². The minimum absolute atomic E-state index is 0.203. The van der Waals surface area contributed by atoms with Gasteiger partial charge in [-0.1, -0.05) is 20.3 Å². The lowest BCUT2D eigenvalue weighted by molar-refractivity contribution is -0.147. The van der Waals surface area contributed by atoms with Crippen molar-refractivity contribution in [1.29, 1.82) is 0 Å². The predicted octanol–water partition coefficient (Wildman–Crippen LogP) is 4.39. The van der Waals surface area contributed by atoms with Gasteiger partial charge in [-0.25, -0.2) is 4.98 Å². The Morgan fingerprint density at radius 1 is 1.30 bits per heavy atom. The van der Waals surface area contributed by atoms with E-state index in [0.29, 0.717) is 29.6 Å². The molecule has 0 radical (unpaired) electrons. The third-order valence-corrected chi connectivity index (χ3v) is 3.43. The number of nitrogens with two attached hydrogens (primary N) is 1. The monoisotopic (exact) mass is 285 g/mol. The SMILES string of the molecule is CCCC(CC)n1c(C(F)(F)F)nc2cc(N)ccc21. The van der Waals surface area contributed by atoms with Gasteiger partial charge in [0.2, 0.25) is 5.82 Å². The molecule has 0 bridgehead atoms. The first-order valence-corrected chi connectivity index (χ1v) is 6.73. The topological polar surface area (TPSA) is 43.8 Å². The number of rotatable bonds is 4. The van der Waals surface area contributed by atoms with Crippen LogP contribution in [0.5, 0.6) is 0 Å². The maximum absolute atomic E-state index is 13.2. The van der Waals surface area contributed by atoms with Gasteiger partial charge < -0.3 is 10.3 Å². The minimum Gasteiger partial charge on any atom is -0.399 e. The summed E-state index contributed by atoms with van der Waals surface area (Å²) in [4.78, 5) is 3.75. The highest BCUT2D eigenvalue weighted by atomic mass is 19.4. The molecule has 20 heavy (non-hydrogen) atoms. The van der Waals surface area contributed by atoms with E-state index in [1.165, 1.54) is 10.6 Å². The van der Waals surface area contributed by atoms with Gasteiger partial charge in [-0.15, -0.1) is 0 Å². The molecule has 0 amide bonds. The second-order valence-electron chi connectivity index (χ2n) is 4.90. The maximum atomic E-state index is 13.2. The highest BCUT2D eigenvalue weighted by Gasteiger charge is 2.38. The summed E-state index contributed by atoms with van der Waals surface area (Å²) in [6.07, 6.45) is -2.32. The molecule has 0 aliphatic rings. The van der Waals surface area contributed by atoms with Gasteiger partial charge in [0.15, 0.2) is 0 Å². The van der Waals surface area contributed by atoms with Crippen LogP contribution < -0.4 is 5.73 Å². The quantitative estimate of drug-likeness (QED) is 0.847. The zero-order valence-electron chi connectivity index (χ0n) is 11.5. The van der Waals surface area contributed by atoms with E-state index in [1.807, 2.05) is 13.8 Å². The number of nitrogen functional groups attached to an aromatic ring is 1. The van der Waals surface area contributed by atoms with E-state index >= 15 is 0 Å². The molecule has 6 heteroatoms. The zero-order valence-corrected chi connectivity index (χ0v) is 11.5. The summed E-state index contributed by atoms with van der Waals surface area (Å²) in [6, 6.07) is 4.51. The number of hydrogen-bond acceptors (Lipinski definition) is 2. The van der Waals surface area contributed by atoms with Gasteiger partial charge in [-0.2, -0.15) is 13.2 Å². The molecule has 0 aliphatic heterocycles. The molecule has 2 N–H and O–H groups in total. The van der Waals surface area contributed by atoms with E-state index < -0.39 is 12.0 Å². The number of benzene rings is 1. The molecular formula is C14H18F3N3. The number of anilines is 1. The number of halogens is 3. The molecule has 0 spiro atoms. The van der Waals surface area contributed by atoms with Crippen LogP contribution in [-0.4, -0.2) is 9.55 Å². The first kappa shape index (κ1) is 14.7. The molecule has 1 unspecified atom stereocenters. The van der Waals surface area contributed by atoms with Crippen molar-refractivity contribution in [1.82, 2.24) is 9.55 Å². The number of hydrogen-bond donors (Lipinski definition) is 1. The summed E-state index contributed by atoms with van der Waals surface area (Å²) >= 11 is 0. The summed E-state index contributed by atoms with van der Waals surface area (Å²) in [6.45, 7) is 3.86. The maximum Gasteiger partial charge on any atom is 0.449 e. The highest BCUT2D eigenvalue weighted by molar-refractivity contribution is 5.80. The molecule has 1 aromatic heterocycles. The fourth-order valence-corrected chi connectivity index (χ4v) is 2.53. The van der Waals surface area contributed by atoms with Crippen LogP contribution in [0.3, 0.4) is 0 Å². The van der Waals surface area contributed by atoms with Crippen molar-refractivity contribution in [2.45, 2.75) is 45.3 Å². The van der Waals surface area contributed by atoms with Crippen molar-refractivity contribution < 1.29 is 13.2 Å². The Bertz CT molecular complexity index is 601. The van der Waals surface area contributed by atoms with Gasteiger partial charge in [0.25, 0.3) is 0 Å². The normalized spacial score (nSPS) is 13.8. The lowest BCUT2D eigenvalue weighted by Crippen LogP contribution is -2.19. The van der Waals surface area contributed by atoms with Crippen molar-refractivity contribution in [2.75, 3.05) is 5.73 Å². The van der Waals surface area contributed by atoms with Gasteiger partial charge in [0.05, 0.1) is 11.0 Å². The van der Waals surface area contributed by atoms with Gasteiger partial charge in [0.1, 0.15) is 0 Å². The number of fused-ring (bicyclic) bond motifs is 1. The number of nitrogens with zero attached hydrogens (tertiary/aromatic N) is 2. The molecule has 0 saturated carbocycles. The third-order valence-electron chi connectivity index (χ3n) is 3.43. The van der Waals surface area contributed by atoms with Crippen molar-refractivity contribution in [2.24, 2.45) is 0 Å². The molecule has 0 aliphatic carbocycles. The van der Waals surface area contributed by atoms with Crippen LogP contribution in [0.15, 0.2) is 18.2 Å². The predicted molar refractivity (Wildman–Crippen MR) is 73.4 cm³/mol. The van der Waals surface area contributed by atoms with Crippen LogP contribution in [0.4, 0.5) is 18.9 Å². The van der Waals surface area contributed by atoms with Crippen LogP contribution in [0, 0.1) is 0 Å². The smallest absolute Gasteiger partial charge is 0.399 e. The summed E-state index contributed by atoms with van der Waals surface area (Å²) < 4.78 is 40.9. The van der Waals surface area contributed by atoms with Crippen LogP contribution in [0.25, 0.3) is 11.0 Å². The Kier molecular flexibility index (Phi) is 3.92. The Balaban J connectivity index is 2.70. The van der Waals surface area contributed by atoms with Gasteiger partial charge in [-0.3, -0.25) is 0 Å².